The Morgan fingerprint density at radius 1 is 0.556 bits per heavy atom. The summed E-state index contributed by atoms with van der Waals surface area (Å²) in [5.74, 6) is 0. The Kier molecular flexibility index (Phi) is 5.22. The smallest absolute Gasteiger partial charge is 0.0696 e. The molecule has 0 unspecified atom stereocenters. The molecule has 0 atom stereocenters. The van der Waals surface area contributed by atoms with Crippen molar-refractivity contribution in [3.05, 3.63) is 114 Å². The van der Waals surface area contributed by atoms with E-state index in [1.807, 2.05) is 24.3 Å². The molecule has 3 heteroatoms. The molecule has 0 saturated carbocycles. The van der Waals surface area contributed by atoms with Crippen LogP contribution in [0.25, 0.3) is 0 Å². The van der Waals surface area contributed by atoms with Crippen molar-refractivity contribution < 1.29 is 0 Å². The van der Waals surface area contributed by atoms with Gasteiger partial charge in [0.05, 0.1) is 11.4 Å². The van der Waals surface area contributed by atoms with Crippen molar-refractivity contribution >= 4 is 44.4 Å². The van der Waals surface area contributed by atoms with Crippen LogP contribution < -0.4 is 10.2 Å². The number of halogens is 1. The summed E-state index contributed by atoms with van der Waals surface area (Å²) in [6, 6.07) is 37.4. The number of anilines is 5. The number of para-hydroxylation sites is 4. The van der Waals surface area contributed by atoms with Crippen LogP contribution >= 0.6 is 15.9 Å². The quantitative estimate of drug-likeness (QED) is 0.360. The summed E-state index contributed by atoms with van der Waals surface area (Å²) < 4.78 is 1.07. The van der Waals surface area contributed by atoms with Gasteiger partial charge in [0.2, 0.25) is 0 Å². The Morgan fingerprint density at radius 3 is 1.67 bits per heavy atom. The summed E-state index contributed by atoms with van der Waals surface area (Å²) in [4.78, 5) is 2.27. The molecule has 0 aliphatic rings. The van der Waals surface area contributed by atoms with Crippen molar-refractivity contribution in [2.75, 3.05) is 10.2 Å². The third kappa shape index (κ3) is 4.04. The van der Waals surface area contributed by atoms with Crippen molar-refractivity contribution in [3.8, 4) is 0 Å². The molecule has 0 fully saturated rings. The van der Waals surface area contributed by atoms with Crippen molar-refractivity contribution in [2.45, 2.75) is 0 Å². The van der Waals surface area contributed by atoms with E-state index in [9.17, 15) is 0 Å². The first-order valence-electron chi connectivity index (χ1n) is 8.83. The number of nitrogens with one attached hydrogen (secondary N) is 1. The van der Waals surface area contributed by atoms with Crippen LogP contribution in [0.1, 0.15) is 0 Å². The van der Waals surface area contributed by atoms with E-state index in [2.05, 4.69) is 111 Å². The van der Waals surface area contributed by atoms with Gasteiger partial charge in [0.25, 0.3) is 0 Å². The summed E-state index contributed by atoms with van der Waals surface area (Å²) >= 11 is 3.49. The molecule has 4 rings (SSSR count). The lowest BCUT2D eigenvalue weighted by Crippen LogP contribution is -2.11. The summed E-state index contributed by atoms with van der Waals surface area (Å²) in [5, 5.41) is 3.56. The number of benzene rings is 4. The summed E-state index contributed by atoms with van der Waals surface area (Å²) in [6.07, 6.45) is 0. The minimum atomic E-state index is 1.05. The van der Waals surface area contributed by atoms with E-state index in [0.29, 0.717) is 0 Å². The first-order valence-corrected chi connectivity index (χ1v) is 9.62. The van der Waals surface area contributed by atoms with Crippen molar-refractivity contribution in [1.82, 2.24) is 0 Å². The average molecular weight is 415 g/mol. The third-order valence-electron chi connectivity index (χ3n) is 4.30. The molecule has 0 aliphatic carbocycles. The zero-order chi connectivity index (χ0) is 18.5. The Morgan fingerprint density at radius 2 is 1.07 bits per heavy atom. The van der Waals surface area contributed by atoms with E-state index in [1.54, 1.807) is 0 Å². The van der Waals surface area contributed by atoms with E-state index in [4.69, 9.17) is 0 Å². The average Bonchev–Trinajstić information content (AvgIpc) is 2.73. The van der Waals surface area contributed by atoms with Gasteiger partial charge in [-0.15, -0.1) is 0 Å². The van der Waals surface area contributed by atoms with Crippen LogP contribution in [-0.2, 0) is 0 Å². The van der Waals surface area contributed by atoms with Gasteiger partial charge in [-0.2, -0.15) is 0 Å². The second-order valence-corrected chi connectivity index (χ2v) is 7.07. The van der Waals surface area contributed by atoms with Gasteiger partial charge in [-0.25, -0.2) is 0 Å². The second-order valence-electron chi connectivity index (χ2n) is 6.16. The number of nitrogens with zero attached hydrogens (tertiary/aromatic N) is 1. The normalized spacial score (nSPS) is 10.4. The first-order chi connectivity index (χ1) is 13.3. The molecule has 0 amide bonds. The third-order valence-corrected chi connectivity index (χ3v) is 4.83. The molecule has 0 radical (unpaired) electrons. The van der Waals surface area contributed by atoms with Crippen molar-refractivity contribution in [3.63, 3.8) is 0 Å². The Bertz CT molecular complexity index is 960. The fourth-order valence-corrected chi connectivity index (χ4v) is 3.31. The molecule has 4 aromatic rings. The maximum Gasteiger partial charge on any atom is 0.0696 e. The first kappa shape index (κ1) is 17.4. The highest BCUT2D eigenvalue weighted by Crippen LogP contribution is 2.39. The van der Waals surface area contributed by atoms with Crippen LogP contribution in [0.3, 0.4) is 0 Å². The number of hydrogen-bond donors (Lipinski definition) is 1. The molecule has 27 heavy (non-hydrogen) atoms. The molecule has 0 spiro atoms. The van der Waals surface area contributed by atoms with Gasteiger partial charge in [0.1, 0.15) is 0 Å². The van der Waals surface area contributed by atoms with Gasteiger partial charge in [-0.05, 0) is 60.7 Å². The molecule has 0 bridgehead atoms. The van der Waals surface area contributed by atoms with Gasteiger partial charge < -0.3 is 10.2 Å². The maximum absolute atomic E-state index is 3.56. The summed E-state index contributed by atoms with van der Waals surface area (Å²) in [7, 11) is 0. The number of hydrogen-bond acceptors (Lipinski definition) is 2. The lowest BCUT2D eigenvalue weighted by atomic mass is 10.1. The minimum Gasteiger partial charge on any atom is -0.354 e. The Balaban J connectivity index is 1.80. The lowest BCUT2D eigenvalue weighted by Gasteiger charge is -2.27. The largest absolute Gasteiger partial charge is 0.354 e. The SMILES string of the molecule is Brc1ccc(Nc2ccccc2N(c2ccccc2)c2ccccc2)cc1. The van der Waals surface area contributed by atoms with E-state index < -0.39 is 0 Å². The van der Waals surface area contributed by atoms with Crippen LogP contribution in [-0.4, -0.2) is 0 Å². The zero-order valence-corrected chi connectivity index (χ0v) is 16.3. The van der Waals surface area contributed by atoms with Gasteiger partial charge >= 0.3 is 0 Å². The van der Waals surface area contributed by atoms with E-state index >= 15 is 0 Å². The molecule has 0 heterocycles. The van der Waals surface area contributed by atoms with Gasteiger partial charge in [-0.3, -0.25) is 0 Å². The van der Waals surface area contributed by atoms with Crippen LogP contribution in [0.15, 0.2) is 114 Å². The summed E-state index contributed by atoms with van der Waals surface area (Å²) in [6.45, 7) is 0. The molecular weight excluding hydrogens is 396 g/mol. The lowest BCUT2D eigenvalue weighted by molar-refractivity contribution is 1.28. The van der Waals surface area contributed by atoms with Gasteiger partial charge in [0.15, 0.2) is 0 Å². The van der Waals surface area contributed by atoms with Crippen LogP contribution in [0.4, 0.5) is 28.4 Å². The van der Waals surface area contributed by atoms with Crippen LogP contribution in [0.5, 0.6) is 0 Å². The highest BCUT2D eigenvalue weighted by molar-refractivity contribution is 9.10. The molecule has 2 nitrogen and oxygen atoms in total. The fourth-order valence-electron chi connectivity index (χ4n) is 3.04. The second kappa shape index (κ2) is 8.11. The molecule has 0 aliphatic heterocycles. The van der Waals surface area contributed by atoms with E-state index in [1.165, 1.54) is 0 Å². The standard InChI is InChI=1S/C24H19BrN2/c25-19-15-17-20(18-16-19)26-23-13-7-8-14-24(23)27(21-9-3-1-4-10-21)22-11-5-2-6-12-22/h1-18,26H. The predicted molar refractivity (Wildman–Crippen MR) is 119 cm³/mol. The van der Waals surface area contributed by atoms with E-state index in [0.717, 1.165) is 32.9 Å². The molecular formula is C24H19BrN2. The Labute approximate surface area is 168 Å². The Hall–Kier alpha value is -3.04. The highest BCUT2D eigenvalue weighted by Gasteiger charge is 2.15. The molecule has 4 aromatic carbocycles. The number of rotatable bonds is 5. The molecule has 0 saturated heterocycles. The van der Waals surface area contributed by atoms with Gasteiger partial charge in [0, 0.05) is 21.5 Å². The fraction of sp³-hybridized carbons (Fsp3) is 0. The zero-order valence-electron chi connectivity index (χ0n) is 14.7. The van der Waals surface area contributed by atoms with Gasteiger partial charge in [-0.1, -0.05) is 64.5 Å². The predicted octanol–water partition coefficient (Wildman–Crippen LogP) is 7.66. The molecule has 132 valence electrons. The van der Waals surface area contributed by atoms with Crippen LogP contribution in [0, 0.1) is 0 Å². The van der Waals surface area contributed by atoms with E-state index in [-0.39, 0.29) is 0 Å². The van der Waals surface area contributed by atoms with Crippen molar-refractivity contribution in [1.29, 1.82) is 0 Å². The topological polar surface area (TPSA) is 15.3 Å². The minimum absolute atomic E-state index is 1.05. The monoisotopic (exact) mass is 414 g/mol. The highest BCUT2D eigenvalue weighted by atomic mass is 79.9. The van der Waals surface area contributed by atoms with Crippen LogP contribution in [0.2, 0.25) is 0 Å². The molecule has 0 aromatic heterocycles. The maximum atomic E-state index is 3.56. The van der Waals surface area contributed by atoms with Crippen molar-refractivity contribution in [2.24, 2.45) is 0 Å². The summed E-state index contributed by atoms with van der Waals surface area (Å²) in [5.41, 5.74) is 5.43. The molecule has 1 N–H and O–H groups in total.